The number of nitrogens with zero attached hydrogens (tertiary/aromatic N) is 4. The molecule has 2 rings (SSSR count). The summed E-state index contributed by atoms with van der Waals surface area (Å²) < 4.78 is 3.87. The molecule has 0 aliphatic heterocycles. The van der Waals surface area contributed by atoms with Gasteiger partial charge in [0.15, 0.2) is 0 Å². The van der Waals surface area contributed by atoms with Crippen molar-refractivity contribution in [2.24, 2.45) is 7.05 Å². The number of aromatic nitrogens is 4. The maximum Gasteiger partial charge on any atom is 0.351 e. The maximum atomic E-state index is 11.7. The lowest BCUT2D eigenvalue weighted by Gasteiger charge is -2.00. The molecule has 0 aromatic carbocycles. The Morgan fingerprint density at radius 2 is 2.07 bits per heavy atom. The summed E-state index contributed by atoms with van der Waals surface area (Å²) in [4.78, 5) is 15.7. The van der Waals surface area contributed by atoms with Crippen molar-refractivity contribution in [1.29, 1.82) is 0 Å². The van der Waals surface area contributed by atoms with Gasteiger partial charge in [0.2, 0.25) is 4.73 Å². The summed E-state index contributed by atoms with van der Waals surface area (Å²) in [6.07, 6.45) is 1.60. The number of hydrogen-bond acceptors (Lipinski definition) is 3. The summed E-state index contributed by atoms with van der Waals surface area (Å²) in [5.74, 6) is 0. The second kappa shape index (κ2) is 3.90. The molecule has 0 aliphatic rings. The van der Waals surface area contributed by atoms with Crippen LogP contribution in [0.2, 0.25) is 0 Å². The number of halogens is 2. The number of hydrogen-bond donors (Lipinski definition) is 0. The van der Waals surface area contributed by atoms with Gasteiger partial charge in [0.05, 0.1) is 11.9 Å². The molecule has 0 saturated carbocycles. The molecular formula is C8H6Br2N4O. The molecule has 0 amide bonds. The van der Waals surface area contributed by atoms with E-state index in [1.807, 2.05) is 0 Å². The maximum absolute atomic E-state index is 11.7. The summed E-state index contributed by atoms with van der Waals surface area (Å²) >= 11 is 6.44. The lowest BCUT2D eigenvalue weighted by molar-refractivity contribution is 0.724. The average molecular weight is 334 g/mol. The molecule has 0 aliphatic carbocycles. The van der Waals surface area contributed by atoms with Gasteiger partial charge in [-0.3, -0.25) is 0 Å². The Morgan fingerprint density at radius 3 is 2.53 bits per heavy atom. The molecule has 2 aromatic heterocycles. The van der Waals surface area contributed by atoms with Crippen molar-refractivity contribution < 1.29 is 0 Å². The van der Waals surface area contributed by atoms with Gasteiger partial charge in [-0.2, -0.15) is 0 Å². The average Bonchev–Trinajstić information content (AvgIpc) is 2.44. The molecule has 0 bridgehead atoms. The van der Waals surface area contributed by atoms with Crippen LogP contribution in [0.3, 0.4) is 0 Å². The van der Waals surface area contributed by atoms with Gasteiger partial charge in [-0.1, -0.05) is 0 Å². The van der Waals surface area contributed by atoms with Crippen LogP contribution in [-0.4, -0.2) is 19.3 Å². The van der Waals surface area contributed by atoms with E-state index in [9.17, 15) is 4.79 Å². The van der Waals surface area contributed by atoms with E-state index in [4.69, 9.17) is 0 Å². The third-order valence-corrected chi connectivity index (χ3v) is 2.84. The lowest BCUT2D eigenvalue weighted by Crippen LogP contribution is -2.21. The molecule has 0 N–H and O–H groups in total. The highest BCUT2D eigenvalue weighted by atomic mass is 79.9. The third kappa shape index (κ3) is 1.89. The summed E-state index contributed by atoms with van der Waals surface area (Å²) in [7, 11) is 1.59. The van der Waals surface area contributed by atoms with Crippen molar-refractivity contribution in [3.63, 3.8) is 0 Å². The zero-order chi connectivity index (χ0) is 11.0. The molecule has 2 heterocycles. The first-order valence-electron chi connectivity index (χ1n) is 4.03. The Kier molecular flexibility index (Phi) is 2.74. The van der Waals surface area contributed by atoms with E-state index in [1.165, 1.54) is 9.25 Å². The van der Waals surface area contributed by atoms with E-state index in [0.717, 1.165) is 4.60 Å². The molecule has 7 heteroatoms. The van der Waals surface area contributed by atoms with Crippen molar-refractivity contribution in [1.82, 2.24) is 19.3 Å². The first-order valence-corrected chi connectivity index (χ1v) is 5.61. The third-order valence-electron chi connectivity index (χ3n) is 1.86. The van der Waals surface area contributed by atoms with Gasteiger partial charge in [0, 0.05) is 7.05 Å². The van der Waals surface area contributed by atoms with Crippen molar-refractivity contribution in [3.8, 4) is 5.69 Å². The Morgan fingerprint density at radius 1 is 1.33 bits per heavy atom. The van der Waals surface area contributed by atoms with E-state index < -0.39 is 0 Å². The summed E-state index contributed by atoms with van der Waals surface area (Å²) in [6, 6.07) is 3.55. The van der Waals surface area contributed by atoms with E-state index in [2.05, 4.69) is 41.9 Å². The van der Waals surface area contributed by atoms with Crippen LogP contribution in [0.4, 0.5) is 0 Å². The van der Waals surface area contributed by atoms with Crippen molar-refractivity contribution in [2.75, 3.05) is 0 Å². The molecule has 0 fully saturated rings. The molecule has 0 spiro atoms. The predicted molar refractivity (Wildman–Crippen MR) is 62.0 cm³/mol. The molecular weight excluding hydrogens is 328 g/mol. The van der Waals surface area contributed by atoms with Crippen LogP contribution < -0.4 is 5.69 Å². The highest BCUT2D eigenvalue weighted by Crippen LogP contribution is 2.13. The quantitative estimate of drug-likeness (QED) is 0.743. The van der Waals surface area contributed by atoms with Gasteiger partial charge >= 0.3 is 5.69 Å². The zero-order valence-electron chi connectivity index (χ0n) is 7.69. The minimum Gasteiger partial charge on any atom is -0.247 e. The van der Waals surface area contributed by atoms with Crippen molar-refractivity contribution in [2.45, 2.75) is 0 Å². The van der Waals surface area contributed by atoms with Gasteiger partial charge in [0.1, 0.15) is 4.60 Å². The van der Waals surface area contributed by atoms with Gasteiger partial charge < -0.3 is 0 Å². The van der Waals surface area contributed by atoms with Crippen LogP contribution in [0.15, 0.2) is 32.5 Å². The molecule has 78 valence electrons. The zero-order valence-corrected chi connectivity index (χ0v) is 10.9. The fourth-order valence-corrected chi connectivity index (χ4v) is 1.98. The normalized spacial score (nSPS) is 10.6. The Hall–Kier alpha value is -0.950. The smallest absolute Gasteiger partial charge is 0.247 e. The first kappa shape index (κ1) is 10.6. The Bertz CT molecular complexity index is 543. The minimum atomic E-state index is -0.217. The predicted octanol–water partition coefficient (Wildman–Crippen LogP) is 1.49. The van der Waals surface area contributed by atoms with Gasteiger partial charge in [-0.25, -0.2) is 19.0 Å². The number of rotatable bonds is 1. The molecule has 0 saturated heterocycles. The van der Waals surface area contributed by atoms with E-state index >= 15 is 0 Å². The Balaban J connectivity index is 2.64. The van der Waals surface area contributed by atoms with Crippen LogP contribution in [0.5, 0.6) is 0 Å². The molecule has 15 heavy (non-hydrogen) atoms. The van der Waals surface area contributed by atoms with Crippen LogP contribution >= 0.6 is 31.9 Å². The van der Waals surface area contributed by atoms with Gasteiger partial charge in [-0.15, -0.1) is 5.10 Å². The van der Waals surface area contributed by atoms with Crippen molar-refractivity contribution >= 4 is 31.9 Å². The van der Waals surface area contributed by atoms with E-state index in [1.54, 1.807) is 25.4 Å². The summed E-state index contributed by atoms with van der Waals surface area (Å²) in [5.41, 5.74) is 0.453. The van der Waals surface area contributed by atoms with Crippen LogP contribution in [0.1, 0.15) is 0 Å². The van der Waals surface area contributed by atoms with Crippen LogP contribution in [0.25, 0.3) is 5.69 Å². The fraction of sp³-hybridized carbons (Fsp3) is 0.125. The SMILES string of the molecule is Cn1nc(Br)n(-c2ccc(Br)nc2)c1=O. The van der Waals surface area contributed by atoms with Crippen LogP contribution in [0, 0.1) is 0 Å². The highest BCUT2D eigenvalue weighted by molar-refractivity contribution is 9.10. The highest BCUT2D eigenvalue weighted by Gasteiger charge is 2.10. The van der Waals surface area contributed by atoms with E-state index in [-0.39, 0.29) is 5.69 Å². The Labute approximate surface area is 102 Å². The standard InChI is InChI=1S/C8H6Br2N4O/c1-13-8(15)14(7(10)12-13)5-2-3-6(9)11-4-5/h2-4H,1H3. The monoisotopic (exact) mass is 332 g/mol. The second-order valence-corrected chi connectivity index (χ2v) is 4.37. The van der Waals surface area contributed by atoms with Crippen molar-refractivity contribution in [3.05, 3.63) is 38.2 Å². The van der Waals surface area contributed by atoms with E-state index in [0.29, 0.717) is 10.4 Å². The fourth-order valence-electron chi connectivity index (χ4n) is 1.15. The summed E-state index contributed by atoms with van der Waals surface area (Å²) in [5, 5.41) is 3.95. The molecule has 0 radical (unpaired) electrons. The minimum absolute atomic E-state index is 0.217. The first-order chi connectivity index (χ1) is 7.09. The number of aryl methyl sites for hydroxylation is 1. The van der Waals surface area contributed by atoms with Crippen LogP contribution in [-0.2, 0) is 7.05 Å². The van der Waals surface area contributed by atoms with Gasteiger partial charge in [-0.05, 0) is 44.0 Å². The summed E-state index contributed by atoms with van der Waals surface area (Å²) in [6.45, 7) is 0. The molecule has 0 atom stereocenters. The lowest BCUT2D eigenvalue weighted by atomic mass is 10.4. The number of pyridine rings is 1. The topological polar surface area (TPSA) is 52.7 Å². The van der Waals surface area contributed by atoms with Gasteiger partial charge in [0.25, 0.3) is 0 Å². The molecule has 2 aromatic rings. The molecule has 0 unspecified atom stereocenters. The second-order valence-electron chi connectivity index (χ2n) is 2.85. The molecule has 5 nitrogen and oxygen atoms in total. The largest absolute Gasteiger partial charge is 0.351 e.